The van der Waals surface area contributed by atoms with Gasteiger partial charge in [0.15, 0.2) is 0 Å². The molecule has 43 heavy (non-hydrogen) atoms. The van der Waals surface area contributed by atoms with E-state index in [4.69, 9.17) is 10.6 Å². The fraction of sp³-hybridized carbons (Fsp3) is 0.452. The number of rotatable bonds is 16. The lowest BCUT2D eigenvalue weighted by atomic mass is 10.0. The Bertz CT molecular complexity index is 1230. The Kier molecular flexibility index (Phi) is 13.9. The second kappa shape index (κ2) is 17.1. The Morgan fingerprint density at radius 1 is 0.814 bits per heavy atom. The minimum atomic E-state index is -1.03. The molecule has 12 nitrogen and oxygen atoms in total. The van der Waals surface area contributed by atoms with E-state index in [-0.39, 0.29) is 12.5 Å². The summed E-state index contributed by atoms with van der Waals surface area (Å²) in [5, 5.41) is 11.0. The van der Waals surface area contributed by atoms with E-state index in [2.05, 4.69) is 26.7 Å². The normalized spacial score (nSPS) is 13.3. The quantitative estimate of drug-likeness (QED) is 0.0725. The highest BCUT2D eigenvalue weighted by molar-refractivity contribution is 6.41. The van der Waals surface area contributed by atoms with Crippen LogP contribution >= 0.6 is 0 Å². The van der Waals surface area contributed by atoms with E-state index < -0.39 is 47.3 Å². The van der Waals surface area contributed by atoms with E-state index in [1.54, 1.807) is 52.0 Å². The zero-order chi connectivity index (χ0) is 32.0. The monoisotopic (exact) mass is 596 g/mol. The summed E-state index contributed by atoms with van der Waals surface area (Å²) in [6.07, 6.45) is 0.361. The number of hydrazine groups is 1. The Morgan fingerprint density at radius 2 is 1.42 bits per heavy atom. The van der Waals surface area contributed by atoms with Gasteiger partial charge in [0.1, 0.15) is 11.6 Å². The lowest BCUT2D eigenvalue weighted by Crippen LogP contribution is -2.54. The third-order valence-electron chi connectivity index (χ3n) is 6.32. The van der Waals surface area contributed by atoms with Crippen LogP contribution in [0.4, 0.5) is 4.79 Å². The molecule has 0 bridgehead atoms. The number of benzene rings is 2. The van der Waals surface area contributed by atoms with Crippen LogP contribution in [0, 0.1) is 0 Å². The number of nitrogens with one attached hydrogen (secondary N) is 5. The average molecular weight is 597 g/mol. The lowest BCUT2D eigenvalue weighted by Gasteiger charge is -2.20. The Hall–Kier alpha value is -4.13. The van der Waals surface area contributed by atoms with Gasteiger partial charge in [-0.3, -0.25) is 25.0 Å². The minimum Gasteiger partial charge on any atom is -0.444 e. The van der Waals surface area contributed by atoms with Crippen molar-refractivity contribution in [3.8, 4) is 0 Å². The van der Waals surface area contributed by atoms with Gasteiger partial charge >= 0.3 is 6.09 Å². The second-order valence-corrected chi connectivity index (χ2v) is 11.2. The Morgan fingerprint density at radius 3 is 2.02 bits per heavy atom. The van der Waals surface area contributed by atoms with E-state index in [0.29, 0.717) is 31.5 Å². The molecule has 12 heteroatoms. The molecule has 0 aliphatic rings. The molecular weight excluding hydrogens is 552 g/mol. The summed E-state index contributed by atoms with van der Waals surface area (Å²) >= 11 is 0. The van der Waals surface area contributed by atoms with E-state index in [1.165, 1.54) is 6.92 Å². The van der Waals surface area contributed by atoms with Crippen LogP contribution in [0.5, 0.6) is 0 Å². The molecule has 2 aromatic rings. The van der Waals surface area contributed by atoms with Gasteiger partial charge in [-0.1, -0.05) is 42.5 Å². The number of hydrogen-bond acceptors (Lipinski definition) is 9. The first-order valence-electron chi connectivity index (χ1n) is 14.3. The standard InChI is InChI=1S/C31H44N6O6/c1-20(26(38)27(39)21(2)36-29(41)25(37-32)18-22-10-7-6-8-11-22)35-19-23-12-14-24(15-13-23)28(40)33-16-9-17-34-30(42)43-31(3,4)5/h6-8,10-15,20-21,25,35,37H,9,16-19,32H2,1-5H3,(H,33,40)(H,34,42)(H,36,41)/t20-,21-,25-/m0/s1. The van der Waals surface area contributed by atoms with Crippen molar-refractivity contribution in [2.24, 2.45) is 5.84 Å². The predicted octanol–water partition coefficient (Wildman–Crippen LogP) is 1.53. The third kappa shape index (κ3) is 12.7. The van der Waals surface area contributed by atoms with Crippen LogP contribution in [0.3, 0.4) is 0 Å². The summed E-state index contributed by atoms with van der Waals surface area (Å²) < 4.78 is 5.16. The lowest BCUT2D eigenvalue weighted by molar-refractivity contribution is -0.139. The summed E-state index contributed by atoms with van der Waals surface area (Å²) in [5.41, 5.74) is 4.05. The van der Waals surface area contributed by atoms with Crippen LogP contribution in [0.25, 0.3) is 0 Å². The van der Waals surface area contributed by atoms with E-state index >= 15 is 0 Å². The number of hydrogen-bond donors (Lipinski definition) is 6. The summed E-state index contributed by atoms with van der Waals surface area (Å²) in [4.78, 5) is 62.1. The highest BCUT2D eigenvalue weighted by atomic mass is 16.6. The summed E-state index contributed by atoms with van der Waals surface area (Å²) in [5.74, 6) is 3.42. The summed E-state index contributed by atoms with van der Waals surface area (Å²) in [6.45, 7) is 9.41. The number of nitrogens with two attached hydrogens (primary N) is 1. The zero-order valence-corrected chi connectivity index (χ0v) is 25.5. The largest absolute Gasteiger partial charge is 0.444 e. The van der Waals surface area contributed by atoms with Crippen molar-refractivity contribution in [2.45, 2.75) is 77.7 Å². The number of Topliss-reactive ketones (excluding diaryl/α,β-unsaturated/α-hetero) is 2. The fourth-order valence-electron chi connectivity index (χ4n) is 3.92. The maximum Gasteiger partial charge on any atom is 0.407 e. The highest BCUT2D eigenvalue weighted by Crippen LogP contribution is 2.08. The van der Waals surface area contributed by atoms with Gasteiger partial charge in [-0.15, -0.1) is 0 Å². The first kappa shape index (κ1) is 35.1. The molecule has 0 aromatic heterocycles. The molecule has 0 radical (unpaired) electrons. The van der Waals surface area contributed by atoms with Crippen molar-refractivity contribution in [1.82, 2.24) is 26.7 Å². The van der Waals surface area contributed by atoms with Crippen molar-refractivity contribution in [3.63, 3.8) is 0 Å². The van der Waals surface area contributed by atoms with Crippen LogP contribution in [-0.4, -0.2) is 66.3 Å². The third-order valence-corrected chi connectivity index (χ3v) is 6.32. The molecule has 2 rings (SSSR count). The van der Waals surface area contributed by atoms with Gasteiger partial charge in [-0.05, 0) is 70.7 Å². The van der Waals surface area contributed by atoms with Crippen molar-refractivity contribution in [3.05, 3.63) is 71.3 Å². The first-order chi connectivity index (χ1) is 20.3. The molecule has 3 amide bonds. The van der Waals surface area contributed by atoms with Gasteiger partial charge in [-0.25, -0.2) is 10.2 Å². The minimum absolute atomic E-state index is 0.252. The van der Waals surface area contributed by atoms with Crippen molar-refractivity contribution in [1.29, 1.82) is 0 Å². The molecule has 7 N–H and O–H groups in total. The van der Waals surface area contributed by atoms with Crippen LogP contribution in [0.1, 0.15) is 62.5 Å². The number of carbonyl (C=O) groups is 5. The van der Waals surface area contributed by atoms with E-state index in [1.807, 2.05) is 30.3 Å². The predicted molar refractivity (Wildman–Crippen MR) is 163 cm³/mol. The van der Waals surface area contributed by atoms with Gasteiger partial charge in [0.25, 0.3) is 5.91 Å². The SMILES string of the molecule is C[C@H](NCc1ccc(C(=O)NCCCNC(=O)OC(C)(C)C)cc1)C(=O)C(=O)[C@H](C)NC(=O)[C@H](Cc1ccccc1)NN. The molecule has 0 aliphatic carbocycles. The maximum absolute atomic E-state index is 12.7. The summed E-state index contributed by atoms with van der Waals surface area (Å²) in [6, 6.07) is 13.5. The number of carbonyl (C=O) groups excluding carboxylic acids is 5. The van der Waals surface area contributed by atoms with Crippen molar-refractivity contribution in [2.75, 3.05) is 13.1 Å². The molecule has 3 atom stereocenters. The van der Waals surface area contributed by atoms with Gasteiger partial charge < -0.3 is 26.0 Å². The Labute approximate surface area is 252 Å². The fourth-order valence-corrected chi connectivity index (χ4v) is 3.92. The van der Waals surface area contributed by atoms with Crippen molar-refractivity contribution < 1.29 is 28.7 Å². The van der Waals surface area contributed by atoms with Crippen LogP contribution in [0.2, 0.25) is 0 Å². The second-order valence-electron chi connectivity index (χ2n) is 11.2. The highest BCUT2D eigenvalue weighted by Gasteiger charge is 2.29. The first-order valence-corrected chi connectivity index (χ1v) is 14.3. The topological polar surface area (TPSA) is 181 Å². The van der Waals surface area contributed by atoms with Crippen molar-refractivity contribution >= 4 is 29.5 Å². The van der Waals surface area contributed by atoms with Gasteiger partial charge in [0.05, 0.1) is 12.1 Å². The molecule has 0 spiro atoms. The number of ketones is 2. The molecule has 2 aromatic carbocycles. The van der Waals surface area contributed by atoms with E-state index in [0.717, 1.165) is 11.1 Å². The molecule has 0 saturated carbocycles. The Balaban J connectivity index is 1.75. The summed E-state index contributed by atoms with van der Waals surface area (Å²) in [7, 11) is 0. The van der Waals surface area contributed by atoms with Gasteiger partial charge in [-0.2, -0.15) is 0 Å². The molecule has 234 valence electrons. The van der Waals surface area contributed by atoms with Gasteiger partial charge in [0.2, 0.25) is 17.5 Å². The molecule has 0 heterocycles. The maximum atomic E-state index is 12.7. The van der Waals surface area contributed by atoms with Crippen LogP contribution in [-0.2, 0) is 32.1 Å². The van der Waals surface area contributed by atoms with Gasteiger partial charge in [0, 0.05) is 25.2 Å². The average Bonchev–Trinajstić information content (AvgIpc) is 2.97. The number of ether oxygens (including phenoxy) is 1. The number of amides is 3. The van der Waals surface area contributed by atoms with Crippen LogP contribution < -0.4 is 32.5 Å². The molecule has 0 saturated heterocycles. The van der Waals surface area contributed by atoms with E-state index in [9.17, 15) is 24.0 Å². The molecule has 0 unspecified atom stereocenters. The van der Waals surface area contributed by atoms with Crippen LogP contribution in [0.15, 0.2) is 54.6 Å². The molecule has 0 fully saturated rings. The smallest absolute Gasteiger partial charge is 0.407 e. The zero-order valence-electron chi connectivity index (χ0n) is 25.5. The number of alkyl carbamates (subject to hydrolysis) is 1. The molecular formula is C31H44N6O6. The molecule has 0 aliphatic heterocycles.